The fourth-order valence-electron chi connectivity index (χ4n) is 5.74. The van der Waals surface area contributed by atoms with Crippen LogP contribution in [0.3, 0.4) is 0 Å². The molecule has 0 bridgehead atoms. The van der Waals surface area contributed by atoms with Crippen molar-refractivity contribution in [1.29, 1.82) is 0 Å². The zero-order valence-electron chi connectivity index (χ0n) is 16.5. The minimum Gasteiger partial charge on any atom is -0.465 e. The molecule has 5 atom stereocenters. The first-order valence-electron chi connectivity index (χ1n) is 10.8. The van der Waals surface area contributed by atoms with Gasteiger partial charge in [-0.15, -0.1) is 0 Å². The summed E-state index contributed by atoms with van der Waals surface area (Å²) < 4.78 is 5.46. The molecule has 29 heavy (non-hydrogen) atoms. The molecule has 1 aromatic carbocycles. The highest BCUT2D eigenvalue weighted by Gasteiger charge is 2.50. The van der Waals surface area contributed by atoms with Crippen LogP contribution in [0.4, 0.5) is 0 Å². The molecule has 0 amide bonds. The lowest BCUT2D eigenvalue weighted by atomic mass is 9.58. The van der Waals surface area contributed by atoms with Crippen molar-refractivity contribution in [2.45, 2.75) is 32.1 Å². The maximum atomic E-state index is 12.2. The summed E-state index contributed by atoms with van der Waals surface area (Å²) in [7, 11) is 0. The number of rotatable bonds is 3. The van der Waals surface area contributed by atoms with Gasteiger partial charge < -0.3 is 4.74 Å². The third-order valence-corrected chi connectivity index (χ3v) is 7.42. The van der Waals surface area contributed by atoms with Gasteiger partial charge in [0.05, 0.1) is 18.2 Å². The van der Waals surface area contributed by atoms with Gasteiger partial charge >= 0.3 is 5.97 Å². The Morgan fingerprint density at radius 1 is 1.07 bits per heavy atom. The molecule has 3 fully saturated rings. The van der Waals surface area contributed by atoms with E-state index in [2.05, 4.69) is 29.3 Å². The lowest BCUT2D eigenvalue weighted by Gasteiger charge is -2.44. The molecule has 1 saturated heterocycles. The number of carbonyl (C=O) groups excluding carboxylic acids is 1. The Morgan fingerprint density at radius 3 is 2.79 bits per heavy atom. The second kappa shape index (κ2) is 7.95. The van der Waals surface area contributed by atoms with Crippen LogP contribution in [0.25, 0.3) is 17.2 Å². The highest BCUT2D eigenvalue weighted by atomic mass is 35.5. The van der Waals surface area contributed by atoms with E-state index in [1.165, 1.54) is 25.7 Å². The molecular weight excluding hydrogens is 382 g/mol. The number of hydrogen-bond acceptors (Lipinski definition) is 3. The van der Waals surface area contributed by atoms with Crippen molar-refractivity contribution < 1.29 is 9.53 Å². The predicted octanol–water partition coefficient (Wildman–Crippen LogP) is 6.03. The SMILES string of the molecule is O=C1OC[C@H]2C1CC1CCCCC1C2/C=C/c1ccc(-c2cccc(Cl)c2)cn1. The van der Waals surface area contributed by atoms with Crippen LogP contribution in [-0.4, -0.2) is 17.6 Å². The second-order valence-corrected chi connectivity index (χ2v) is 9.20. The molecule has 2 saturated carbocycles. The van der Waals surface area contributed by atoms with E-state index < -0.39 is 0 Å². The summed E-state index contributed by atoms with van der Waals surface area (Å²) in [4.78, 5) is 16.9. The summed E-state index contributed by atoms with van der Waals surface area (Å²) in [5.74, 6) is 2.23. The van der Waals surface area contributed by atoms with E-state index in [-0.39, 0.29) is 11.9 Å². The van der Waals surface area contributed by atoms with Gasteiger partial charge in [-0.3, -0.25) is 9.78 Å². The van der Waals surface area contributed by atoms with E-state index in [9.17, 15) is 4.79 Å². The minimum absolute atomic E-state index is 0.0291. The van der Waals surface area contributed by atoms with Gasteiger partial charge in [-0.2, -0.15) is 0 Å². The molecule has 0 spiro atoms. The number of hydrogen-bond donors (Lipinski definition) is 0. The molecule has 150 valence electrons. The largest absolute Gasteiger partial charge is 0.465 e. The van der Waals surface area contributed by atoms with Gasteiger partial charge in [0.1, 0.15) is 0 Å². The summed E-state index contributed by atoms with van der Waals surface area (Å²) in [5.41, 5.74) is 3.09. The molecule has 3 aliphatic rings. The number of allylic oxidation sites excluding steroid dienone is 1. The highest BCUT2D eigenvalue weighted by molar-refractivity contribution is 6.30. The van der Waals surface area contributed by atoms with Crippen LogP contribution in [0.1, 0.15) is 37.8 Å². The van der Waals surface area contributed by atoms with E-state index in [0.29, 0.717) is 30.3 Å². The summed E-state index contributed by atoms with van der Waals surface area (Å²) in [6.45, 7) is 0.586. The maximum Gasteiger partial charge on any atom is 0.309 e. The molecule has 5 rings (SSSR count). The molecule has 4 heteroatoms. The van der Waals surface area contributed by atoms with Gasteiger partial charge in [-0.05, 0) is 60.4 Å². The third-order valence-electron chi connectivity index (χ3n) is 7.18. The number of benzene rings is 1. The topological polar surface area (TPSA) is 39.2 Å². The molecule has 1 aliphatic heterocycles. The lowest BCUT2D eigenvalue weighted by molar-refractivity contribution is -0.142. The Bertz CT molecular complexity index is 923. The first kappa shape index (κ1) is 18.9. The van der Waals surface area contributed by atoms with Crippen LogP contribution in [-0.2, 0) is 9.53 Å². The number of ether oxygens (including phenoxy) is 1. The van der Waals surface area contributed by atoms with E-state index >= 15 is 0 Å². The third kappa shape index (κ3) is 3.73. The van der Waals surface area contributed by atoms with Crippen LogP contribution >= 0.6 is 11.6 Å². The smallest absolute Gasteiger partial charge is 0.309 e. The molecule has 2 aliphatic carbocycles. The first-order chi connectivity index (χ1) is 14.2. The zero-order valence-corrected chi connectivity index (χ0v) is 17.2. The number of cyclic esters (lactones) is 1. The fraction of sp³-hybridized carbons (Fsp3) is 0.440. The number of pyridine rings is 1. The summed E-state index contributed by atoms with van der Waals surface area (Å²) in [6, 6.07) is 12.0. The summed E-state index contributed by atoms with van der Waals surface area (Å²) in [6.07, 6.45) is 12.6. The highest BCUT2D eigenvalue weighted by Crippen LogP contribution is 2.51. The summed E-state index contributed by atoms with van der Waals surface area (Å²) in [5, 5.41) is 0.730. The quantitative estimate of drug-likeness (QED) is 0.583. The Kier molecular flexibility index (Phi) is 5.17. The van der Waals surface area contributed by atoms with Gasteiger partial charge in [0.15, 0.2) is 0 Å². The number of fused-ring (bicyclic) bond motifs is 2. The first-order valence-corrected chi connectivity index (χ1v) is 11.1. The number of aromatic nitrogens is 1. The van der Waals surface area contributed by atoms with Crippen LogP contribution in [0.2, 0.25) is 5.02 Å². The van der Waals surface area contributed by atoms with Gasteiger partial charge in [0.25, 0.3) is 0 Å². The van der Waals surface area contributed by atoms with E-state index in [4.69, 9.17) is 16.3 Å². The second-order valence-electron chi connectivity index (χ2n) is 8.76. The van der Waals surface area contributed by atoms with Crippen molar-refractivity contribution in [3.63, 3.8) is 0 Å². The standard InChI is InChI=1S/C25H26ClNO2/c26-19-6-3-5-16(12-19)18-8-9-20(27-14-18)10-11-22-21-7-2-1-4-17(21)13-23-24(22)15-29-25(23)28/h3,5-6,8-12,14,17,21-24H,1-2,4,7,13,15H2/b11-10+/t17?,21?,22?,23?,24-/m1/s1. The molecule has 0 N–H and O–H groups in total. The molecule has 2 heterocycles. The van der Waals surface area contributed by atoms with Crippen LogP contribution in [0.15, 0.2) is 48.7 Å². The molecule has 4 unspecified atom stereocenters. The predicted molar refractivity (Wildman–Crippen MR) is 115 cm³/mol. The number of esters is 1. The van der Waals surface area contributed by atoms with Gasteiger partial charge in [-0.1, -0.05) is 55.1 Å². The van der Waals surface area contributed by atoms with Crippen molar-refractivity contribution in [3.8, 4) is 11.1 Å². The lowest BCUT2D eigenvalue weighted by Crippen LogP contribution is -2.41. The normalized spacial score (nSPS) is 31.3. The average Bonchev–Trinajstić information content (AvgIpc) is 3.12. The molecular formula is C25H26ClNO2. The number of halogens is 1. The minimum atomic E-state index is 0.0291. The van der Waals surface area contributed by atoms with Gasteiger partial charge in [0, 0.05) is 22.7 Å². The summed E-state index contributed by atoms with van der Waals surface area (Å²) >= 11 is 6.11. The van der Waals surface area contributed by atoms with E-state index in [1.807, 2.05) is 30.5 Å². The fourth-order valence-corrected chi connectivity index (χ4v) is 5.93. The molecule has 0 radical (unpaired) electrons. The number of carbonyl (C=O) groups is 1. The number of nitrogens with zero attached hydrogens (tertiary/aromatic N) is 1. The van der Waals surface area contributed by atoms with Crippen molar-refractivity contribution in [2.24, 2.45) is 29.6 Å². The Balaban J connectivity index is 1.37. The van der Waals surface area contributed by atoms with Crippen molar-refractivity contribution in [3.05, 3.63) is 59.4 Å². The Hall–Kier alpha value is -2.13. The maximum absolute atomic E-state index is 12.2. The Morgan fingerprint density at radius 2 is 1.97 bits per heavy atom. The Labute approximate surface area is 177 Å². The van der Waals surface area contributed by atoms with Crippen molar-refractivity contribution >= 4 is 23.6 Å². The van der Waals surface area contributed by atoms with Crippen molar-refractivity contribution in [1.82, 2.24) is 4.98 Å². The van der Waals surface area contributed by atoms with Crippen LogP contribution in [0, 0.1) is 29.6 Å². The molecule has 3 nitrogen and oxygen atoms in total. The van der Waals surface area contributed by atoms with Crippen LogP contribution in [0.5, 0.6) is 0 Å². The van der Waals surface area contributed by atoms with Crippen LogP contribution < -0.4 is 0 Å². The van der Waals surface area contributed by atoms with E-state index in [0.717, 1.165) is 28.3 Å². The average molecular weight is 408 g/mol. The monoisotopic (exact) mass is 407 g/mol. The van der Waals surface area contributed by atoms with E-state index in [1.54, 1.807) is 0 Å². The zero-order chi connectivity index (χ0) is 19.8. The van der Waals surface area contributed by atoms with Gasteiger partial charge in [0.2, 0.25) is 0 Å². The van der Waals surface area contributed by atoms with Crippen molar-refractivity contribution in [2.75, 3.05) is 6.61 Å². The molecule has 2 aromatic rings. The molecule has 1 aromatic heterocycles. The van der Waals surface area contributed by atoms with Gasteiger partial charge in [-0.25, -0.2) is 0 Å².